The van der Waals surface area contributed by atoms with Crippen molar-refractivity contribution in [2.24, 2.45) is 5.92 Å². The summed E-state index contributed by atoms with van der Waals surface area (Å²) in [6.07, 6.45) is 2.84. The Morgan fingerprint density at radius 1 is 1.29 bits per heavy atom. The minimum Gasteiger partial charge on any atom is -0.451 e. The van der Waals surface area contributed by atoms with Crippen LogP contribution in [0.4, 0.5) is 4.79 Å². The van der Waals surface area contributed by atoms with Gasteiger partial charge in [0.1, 0.15) is 12.1 Å². The normalized spacial score (nSPS) is 24.1. The largest absolute Gasteiger partial charge is 0.451 e. The molecular weight excluding hydrogens is 422 g/mol. The maximum absolute atomic E-state index is 12.9. The molecule has 1 unspecified atom stereocenters. The van der Waals surface area contributed by atoms with Gasteiger partial charge in [0.25, 0.3) is 11.8 Å². The molecule has 1 aromatic carbocycles. The molecule has 1 aliphatic carbocycles. The van der Waals surface area contributed by atoms with Crippen LogP contribution < -0.4 is 10.6 Å². The molecule has 0 bridgehead atoms. The molecule has 9 heteroatoms. The molecule has 1 saturated heterocycles. The molecule has 1 spiro atoms. The first-order valence-corrected chi connectivity index (χ1v) is 11.0. The van der Waals surface area contributed by atoms with E-state index in [1.807, 2.05) is 0 Å². The number of carbonyl (C=O) groups is 4. The first-order chi connectivity index (χ1) is 14.8. The Bertz CT molecular complexity index is 866. The number of ether oxygens (including phenoxy) is 1. The van der Waals surface area contributed by atoms with Crippen molar-refractivity contribution in [3.8, 4) is 0 Å². The van der Waals surface area contributed by atoms with Crippen molar-refractivity contribution in [2.75, 3.05) is 6.54 Å². The average Bonchev–Trinajstić information content (AvgIpc) is 2.97. The van der Waals surface area contributed by atoms with Gasteiger partial charge < -0.3 is 15.4 Å². The van der Waals surface area contributed by atoms with Gasteiger partial charge in [0, 0.05) is 11.6 Å². The van der Waals surface area contributed by atoms with Crippen LogP contribution in [0.15, 0.2) is 24.3 Å². The molecule has 31 heavy (non-hydrogen) atoms. The minimum absolute atomic E-state index is 0.189. The molecule has 2 aliphatic rings. The van der Waals surface area contributed by atoms with Gasteiger partial charge in [0.15, 0.2) is 6.10 Å². The molecular formula is C22H28ClN3O5. The molecule has 1 aromatic rings. The van der Waals surface area contributed by atoms with E-state index in [9.17, 15) is 19.2 Å². The lowest BCUT2D eigenvalue weighted by atomic mass is 9.75. The van der Waals surface area contributed by atoms with Gasteiger partial charge in [0.2, 0.25) is 0 Å². The van der Waals surface area contributed by atoms with E-state index >= 15 is 0 Å². The summed E-state index contributed by atoms with van der Waals surface area (Å²) in [4.78, 5) is 50.7. The van der Waals surface area contributed by atoms with Gasteiger partial charge in [-0.25, -0.2) is 4.79 Å². The summed E-state index contributed by atoms with van der Waals surface area (Å²) < 4.78 is 5.14. The van der Waals surface area contributed by atoms with Crippen LogP contribution in [0.1, 0.15) is 51.5 Å². The van der Waals surface area contributed by atoms with Crippen molar-refractivity contribution in [1.29, 1.82) is 0 Å². The van der Waals surface area contributed by atoms with Crippen LogP contribution in [0.2, 0.25) is 5.02 Å². The predicted molar refractivity (Wildman–Crippen MR) is 114 cm³/mol. The van der Waals surface area contributed by atoms with Crippen LogP contribution in [0.5, 0.6) is 0 Å². The third-order valence-electron chi connectivity index (χ3n) is 6.16. The van der Waals surface area contributed by atoms with Crippen LogP contribution in [0.3, 0.4) is 0 Å². The Morgan fingerprint density at radius 2 is 1.97 bits per heavy atom. The highest BCUT2D eigenvalue weighted by atomic mass is 35.5. The lowest BCUT2D eigenvalue weighted by molar-refractivity contribution is -0.156. The number of rotatable bonds is 7. The molecule has 2 N–H and O–H groups in total. The van der Waals surface area contributed by atoms with Crippen LogP contribution in [-0.4, -0.2) is 46.9 Å². The molecule has 1 atom stereocenters. The van der Waals surface area contributed by atoms with E-state index in [0.717, 1.165) is 29.7 Å². The summed E-state index contributed by atoms with van der Waals surface area (Å²) in [5.74, 6) is -1.15. The highest BCUT2D eigenvalue weighted by Gasteiger charge is 2.52. The third kappa shape index (κ3) is 5.18. The number of carbonyl (C=O) groups excluding carboxylic acids is 4. The summed E-state index contributed by atoms with van der Waals surface area (Å²) in [6, 6.07) is 6.49. The number of nitrogens with zero attached hydrogens (tertiary/aromatic N) is 1. The molecule has 8 nitrogen and oxygen atoms in total. The van der Waals surface area contributed by atoms with Gasteiger partial charge in [-0.15, -0.1) is 0 Å². The summed E-state index contributed by atoms with van der Waals surface area (Å²) in [5.41, 5.74) is -0.181. The predicted octanol–water partition coefficient (Wildman–Crippen LogP) is 2.78. The smallest absolute Gasteiger partial charge is 0.327 e. The number of amides is 4. The van der Waals surface area contributed by atoms with E-state index in [0.29, 0.717) is 23.8 Å². The quantitative estimate of drug-likeness (QED) is 0.492. The van der Waals surface area contributed by atoms with Gasteiger partial charge in [-0.2, -0.15) is 0 Å². The fourth-order valence-electron chi connectivity index (χ4n) is 4.12. The highest BCUT2D eigenvalue weighted by molar-refractivity contribution is 6.31. The first-order valence-electron chi connectivity index (χ1n) is 10.6. The summed E-state index contributed by atoms with van der Waals surface area (Å²) in [5, 5.41) is 5.95. The second kappa shape index (κ2) is 9.68. The fraction of sp³-hybridized carbons (Fsp3) is 0.545. The molecule has 1 heterocycles. The number of esters is 1. The van der Waals surface area contributed by atoms with Crippen LogP contribution in [0.25, 0.3) is 0 Å². The van der Waals surface area contributed by atoms with E-state index in [-0.39, 0.29) is 12.5 Å². The van der Waals surface area contributed by atoms with Crippen molar-refractivity contribution in [1.82, 2.24) is 15.5 Å². The fourth-order valence-corrected chi connectivity index (χ4v) is 4.32. The Morgan fingerprint density at radius 3 is 2.61 bits per heavy atom. The minimum atomic E-state index is -1.08. The highest BCUT2D eigenvalue weighted by Crippen LogP contribution is 2.37. The second-order valence-corrected chi connectivity index (χ2v) is 8.60. The van der Waals surface area contributed by atoms with E-state index in [1.165, 1.54) is 6.92 Å². The molecule has 0 radical (unpaired) electrons. The van der Waals surface area contributed by atoms with Crippen LogP contribution in [-0.2, 0) is 25.7 Å². The molecule has 2 fully saturated rings. The van der Waals surface area contributed by atoms with E-state index in [1.54, 1.807) is 24.3 Å². The zero-order valence-corrected chi connectivity index (χ0v) is 18.5. The van der Waals surface area contributed by atoms with Gasteiger partial charge >= 0.3 is 12.0 Å². The number of hydrogen-bond acceptors (Lipinski definition) is 5. The van der Waals surface area contributed by atoms with Gasteiger partial charge in [-0.3, -0.25) is 19.3 Å². The molecule has 4 amide bonds. The molecule has 168 valence electrons. The molecule has 0 aromatic heterocycles. The SMILES string of the molecule is CCC1CCC2(CC1)NC(=O)N(CC(=O)OC(C)C(=O)NCc1ccccc1Cl)C2=O. The average molecular weight is 450 g/mol. The summed E-state index contributed by atoms with van der Waals surface area (Å²) in [7, 11) is 0. The number of halogens is 1. The van der Waals surface area contributed by atoms with Gasteiger partial charge in [-0.05, 0) is 50.2 Å². The Hall–Kier alpha value is -2.61. The maximum Gasteiger partial charge on any atom is 0.327 e. The molecule has 1 aliphatic heterocycles. The lowest BCUT2D eigenvalue weighted by Crippen LogP contribution is -2.49. The van der Waals surface area contributed by atoms with Crippen molar-refractivity contribution < 1.29 is 23.9 Å². The lowest BCUT2D eigenvalue weighted by Gasteiger charge is -2.34. The first kappa shape index (κ1) is 23.1. The number of urea groups is 1. The Balaban J connectivity index is 1.50. The topological polar surface area (TPSA) is 105 Å². The van der Waals surface area contributed by atoms with Gasteiger partial charge in [-0.1, -0.05) is 43.1 Å². The third-order valence-corrected chi connectivity index (χ3v) is 6.53. The van der Waals surface area contributed by atoms with E-state index in [4.69, 9.17) is 16.3 Å². The zero-order valence-electron chi connectivity index (χ0n) is 17.8. The number of hydrogen-bond donors (Lipinski definition) is 2. The van der Waals surface area contributed by atoms with Crippen molar-refractivity contribution in [3.63, 3.8) is 0 Å². The second-order valence-electron chi connectivity index (χ2n) is 8.20. The molecule has 1 saturated carbocycles. The monoisotopic (exact) mass is 449 g/mol. The Labute approximate surface area is 186 Å². The number of imide groups is 1. The van der Waals surface area contributed by atoms with Crippen molar-refractivity contribution in [2.45, 2.75) is 64.1 Å². The van der Waals surface area contributed by atoms with Gasteiger partial charge in [0.05, 0.1) is 0 Å². The number of nitrogens with one attached hydrogen (secondary N) is 2. The van der Waals surface area contributed by atoms with E-state index in [2.05, 4.69) is 17.6 Å². The standard InChI is InChI=1S/C22H28ClN3O5/c1-3-15-8-10-22(11-9-15)20(29)26(21(30)25-22)13-18(27)31-14(2)19(28)24-12-16-6-4-5-7-17(16)23/h4-7,14-15H,3,8-13H2,1-2H3,(H,24,28)(H,25,30). The van der Waals surface area contributed by atoms with Crippen LogP contribution >= 0.6 is 11.6 Å². The molecule has 3 rings (SSSR count). The van der Waals surface area contributed by atoms with Crippen molar-refractivity contribution in [3.05, 3.63) is 34.9 Å². The number of benzene rings is 1. The van der Waals surface area contributed by atoms with E-state index < -0.39 is 36.1 Å². The van der Waals surface area contributed by atoms with Crippen LogP contribution in [0, 0.1) is 5.92 Å². The zero-order chi connectivity index (χ0) is 22.6. The summed E-state index contributed by atoms with van der Waals surface area (Å²) >= 11 is 6.06. The maximum atomic E-state index is 12.9. The Kier molecular flexibility index (Phi) is 7.20. The van der Waals surface area contributed by atoms with Crippen molar-refractivity contribution >= 4 is 35.4 Å². The summed E-state index contributed by atoms with van der Waals surface area (Å²) in [6.45, 7) is 3.21.